The molecule has 0 amide bonds. The SMILES string of the molecule is CC1(C)CSCC(Nc2ccc3ccccc3c2)C1. The highest BCUT2D eigenvalue weighted by atomic mass is 32.2. The summed E-state index contributed by atoms with van der Waals surface area (Å²) in [5.41, 5.74) is 1.71. The highest BCUT2D eigenvalue weighted by Crippen LogP contribution is 2.35. The third-order valence-electron chi connectivity index (χ3n) is 3.73. The van der Waals surface area contributed by atoms with Crippen LogP contribution in [0.5, 0.6) is 0 Å². The van der Waals surface area contributed by atoms with Gasteiger partial charge >= 0.3 is 0 Å². The van der Waals surface area contributed by atoms with Gasteiger partial charge < -0.3 is 5.32 Å². The first-order chi connectivity index (χ1) is 9.12. The van der Waals surface area contributed by atoms with E-state index >= 15 is 0 Å². The molecule has 1 atom stereocenters. The summed E-state index contributed by atoms with van der Waals surface area (Å²) in [4.78, 5) is 0. The summed E-state index contributed by atoms with van der Waals surface area (Å²) in [6.45, 7) is 4.74. The van der Waals surface area contributed by atoms with E-state index in [1.54, 1.807) is 0 Å². The van der Waals surface area contributed by atoms with Gasteiger partial charge in [0.15, 0.2) is 0 Å². The molecule has 0 aliphatic carbocycles. The van der Waals surface area contributed by atoms with Crippen molar-refractivity contribution < 1.29 is 0 Å². The van der Waals surface area contributed by atoms with E-state index in [4.69, 9.17) is 0 Å². The zero-order valence-corrected chi connectivity index (χ0v) is 12.5. The van der Waals surface area contributed by atoms with Gasteiger partial charge in [-0.3, -0.25) is 0 Å². The molecule has 0 aromatic heterocycles. The molecule has 1 heterocycles. The molecule has 19 heavy (non-hydrogen) atoms. The minimum absolute atomic E-state index is 0.456. The average Bonchev–Trinajstić information content (AvgIpc) is 2.37. The number of benzene rings is 2. The van der Waals surface area contributed by atoms with Crippen LogP contribution in [0.15, 0.2) is 42.5 Å². The highest BCUT2D eigenvalue weighted by Gasteiger charge is 2.28. The molecule has 100 valence electrons. The van der Waals surface area contributed by atoms with Gasteiger partial charge in [0.05, 0.1) is 0 Å². The van der Waals surface area contributed by atoms with Crippen molar-refractivity contribution in [3.05, 3.63) is 42.5 Å². The molecule has 0 bridgehead atoms. The van der Waals surface area contributed by atoms with Gasteiger partial charge in [-0.2, -0.15) is 11.8 Å². The molecule has 0 saturated carbocycles. The van der Waals surface area contributed by atoms with E-state index in [0.29, 0.717) is 11.5 Å². The van der Waals surface area contributed by atoms with Gasteiger partial charge in [0.2, 0.25) is 0 Å². The Hall–Kier alpha value is -1.15. The van der Waals surface area contributed by atoms with Crippen LogP contribution in [0, 0.1) is 5.41 Å². The summed E-state index contributed by atoms with van der Waals surface area (Å²) in [6, 6.07) is 15.8. The zero-order chi connectivity index (χ0) is 13.3. The second-order valence-electron chi connectivity index (χ2n) is 6.29. The van der Waals surface area contributed by atoms with Crippen LogP contribution in [0.1, 0.15) is 20.3 Å². The highest BCUT2D eigenvalue weighted by molar-refractivity contribution is 7.99. The van der Waals surface area contributed by atoms with Crippen molar-refractivity contribution >= 4 is 28.2 Å². The molecule has 1 unspecified atom stereocenters. The molecule has 3 rings (SSSR count). The Balaban J connectivity index is 1.77. The van der Waals surface area contributed by atoms with Crippen LogP contribution in [0.4, 0.5) is 5.69 Å². The van der Waals surface area contributed by atoms with Gasteiger partial charge in [0, 0.05) is 17.5 Å². The lowest BCUT2D eigenvalue weighted by Gasteiger charge is -2.35. The van der Waals surface area contributed by atoms with Crippen molar-refractivity contribution in [3.63, 3.8) is 0 Å². The lowest BCUT2D eigenvalue weighted by Crippen LogP contribution is -2.35. The molecule has 1 nitrogen and oxygen atoms in total. The number of hydrogen-bond donors (Lipinski definition) is 1. The molecule has 2 aromatic carbocycles. The summed E-state index contributed by atoms with van der Waals surface area (Å²) < 4.78 is 0. The van der Waals surface area contributed by atoms with E-state index in [1.807, 2.05) is 0 Å². The number of thioether (sulfide) groups is 1. The van der Waals surface area contributed by atoms with Crippen molar-refractivity contribution in [1.82, 2.24) is 0 Å². The molecule has 2 aromatic rings. The van der Waals surface area contributed by atoms with Crippen molar-refractivity contribution in [2.45, 2.75) is 26.3 Å². The van der Waals surface area contributed by atoms with E-state index < -0.39 is 0 Å². The lowest BCUT2D eigenvalue weighted by atomic mass is 9.87. The zero-order valence-electron chi connectivity index (χ0n) is 11.6. The second kappa shape index (κ2) is 5.09. The fourth-order valence-corrected chi connectivity index (χ4v) is 4.14. The van der Waals surface area contributed by atoms with Gasteiger partial charge in [-0.05, 0) is 40.5 Å². The molecule has 1 N–H and O–H groups in total. The van der Waals surface area contributed by atoms with Crippen LogP contribution in [-0.4, -0.2) is 17.5 Å². The molecule has 0 radical (unpaired) electrons. The van der Waals surface area contributed by atoms with Crippen molar-refractivity contribution in [1.29, 1.82) is 0 Å². The summed E-state index contributed by atoms with van der Waals surface area (Å²) in [5, 5.41) is 6.33. The normalized spacial score (nSPS) is 22.3. The molecule has 1 aliphatic rings. The largest absolute Gasteiger partial charge is 0.381 e. The van der Waals surface area contributed by atoms with Crippen LogP contribution in [0.2, 0.25) is 0 Å². The van der Waals surface area contributed by atoms with Crippen molar-refractivity contribution in [3.8, 4) is 0 Å². The Morgan fingerprint density at radius 3 is 2.68 bits per heavy atom. The Labute approximate surface area is 119 Å². The second-order valence-corrected chi connectivity index (χ2v) is 7.32. The van der Waals surface area contributed by atoms with Gasteiger partial charge in [0.1, 0.15) is 0 Å². The van der Waals surface area contributed by atoms with Crippen LogP contribution >= 0.6 is 11.8 Å². The number of rotatable bonds is 2. The quantitative estimate of drug-likeness (QED) is 0.843. The maximum absolute atomic E-state index is 3.71. The van der Waals surface area contributed by atoms with Crippen molar-refractivity contribution in [2.75, 3.05) is 16.8 Å². The van der Waals surface area contributed by atoms with E-state index in [-0.39, 0.29) is 0 Å². The van der Waals surface area contributed by atoms with E-state index in [1.165, 1.54) is 34.4 Å². The van der Waals surface area contributed by atoms with Gasteiger partial charge in [0.25, 0.3) is 0 Å². The maximum atomic E-state index is 3.71. The number of anilines is 1. The van der Waals surface area contributed by atoms with Crippen molar-refractivity contribution in [2.24, 2.45) is 5.41 Å². The fraction of sp³-hybridized carbons (Fsp3) is 0.412. The first-order valence-electron chi connectivity index (χ1n) is 6.96. The first-order valence-corrected chi connectivity index (χ1v) is 8.11. The Bertz CT molecular complexity index is 576. The smallest absolute Gasteiger partial charge is 0.0357 e. The van der Waals surface area contributed by atoms with E-state index in [9.17, 15) is 0 Å². The molecule has 2 heteroatoms. The molecular weight excluding hydrogens is 250 g/mol. The molecule has 1 fully saturated rings. The Morgan fingerprint density at radius 2 is 1.89 bits per heavy atom. The van der Waals surface area contributed by atoms with E-state index in [2.05, 4.69) is 73.4 Å². The molecule has 0 spiro atoms. The molecule has 1 saturated heterocycles. The predicted octanol–water partition coefficient (Wildman–Crippen LogP) is 4.78. The lowest BCUT2D eigenvalue weighted by molar-refractivity contribution is 0.358. The average molecular weight is 271 g/mol. The minimum Gasteiger partial charge on any atom is -0.381 e. The van der Waals surface area contributed by atoms with Gasteiger partial charge in [-0.25, -0.2) is 0 Å². The summed E-state index contributed by atoms with van der Waals surface area (Å²) in [5.74, 6) is 2.50. The molecule has 1 aliphatic heterocycles. The van der Waals surface area contributed by atoms with Crippen LogP contribution in [-0.2, 0) is 0 Å². The Morgan fingerprint density at radius 1 is 1.11 bits per heavy atom. The van der Waals surface area contributed by atoms with Gasteiger partial charge in [-0.1, -0.05) is 44.2 Å². The van der Waals surface area contributed by atoms with Crippen LogP contribution in [0.25, 0.3) is 10.8 Å². The predicted molar refractivity (Wildman–Crippen MR) is 87.1 cm³/mol. The number of hydrogen-bond acceptors (Lipinski definition) is 2. The Kier molecular flexibility index (Phi) is 3.44. The topological polar surface area (TPSA) is 12.0 Å². The van der Waals surface area contributed by atoms with Crippen LogP contribution in [0.3, 0.4) is 0 Å². The molecular formula is C17H21NS. The number of fused-ring (bicyclic) bond motifs is 1. The first kappa shape index (κ1) is 12.9. The fourth-order valence-electron chi connectivity index (χ4n) is 2.87. The maximum Gasteiger partial charge on any atom is 0.0357 e. The summed E-state index contributed by atoms with van der Waals surface area (Å²) in [7, 11) is 0. The standard InChI is InChI=1S/C17H21NS/c1-17(2)10-16(11-19-12-17)18-15-8-7-13-5-3-4-6-14(13)9-15/h3-9,16,18H,10-12H2,1-2H3. The minimum atomic E-state index is 0.456. The summed E-state index contributed by atoms with van der Waals surface area (Å²) in [6.07, 6.45) is 1.26. The van der Waals surface area contributed by atoms with Gasteiger partial charge in [-0.15, -0.1) is 0 Å². The monoisotopic (exact) mass is 271 g/mol. The van der Waals surface area contributed by atoms with E-state index in [0.717, 1.165) is 0 Å². The third-order valence-corrected chi connectivity index (χ3v) is 5.35. The summed E-state index contributed by atoms with van der Waals surface area (Å²) >= 11 is 2.07. The third kappa shape index (κ3) is 3.06. The van der Waals surface area contributed by atoms with Crippen LogP contribution < -0.4 is 5.32 Å². The number of nitrogens with one attached hydrogen (secondary N) is 1.